The topological polar surface area (TPSA) is 128 Å². The number of H-pyrrole nitrogens is 1. The van der Waals surface area contributed by atoms with E-state index in [0.717, 1.165) is 17.7 Å². The van der Waals surface area contributed by atoms with E-state index < -0.39 is 11.9 Å². The molecule has 0 bridgehead atoms. The minimum atomic E-state index is -0.650. The first-order valence-electron chi connectivity index (χ1n) is 13.1. The Morgan fingerprint density at radius 2 is 2.10 bits per heavy atom. The molecular weight excluding hydrogens is 502 g/mol. The lowest BCUT2D eigenvalue weighted by Crippen LogP contribution is -2.40. The van der Waals surface area contributed by atoms with Crippen LogP contribution in [0.2, 0.25) is 0 Å². The first-order valence-corrected chi connectivity index (χ1v) is 13.1. The van der Waals surface area contributed by atoms with Crippen LogP contribution in [0.25, 0.3) is 16.8 Å². The predicted octanol–water partition coefficient (Wildman–Crippen LogP) is 4.53. The van der Waals surface area contributed by atoms with Crippen LogP contribution in [0.3, 0.4) is 0 Å². The van der Waals surface area contributed by atoms with Gasteiger partial charge in [0.1, 0.15) is 35.2 Å². The van der Waals surface area contributed by atoms with Crippen molar-refractivity contribution in [1.29, 1.82) is 0 Å². The van der Waals surface area contributed by atoms with E-state index in [9.17, 15) is 9.59 Å². The Morgan fingerprint density at radius 3 is 2.90 bits per heavy atom. The summed E-state index contributed by atoms with van der Waals surface area (Å²) < 4.78 is 23.0. The number of benzene rings is 1. The first kappa shape index (κ1) is 26.3. The van der Waals surface area contributed by atoms with Crippen molar-refractivity contribution in [2.45, 2.75) is 58.5 Å². The first-order chi connectivity index (χ1) is 18.7. The molecular formula is C28H33N5O6. The summed E-state index contributed by atoms with van der Waals surface area (Å²) in [5, 5.41) is 3.01. The van der Waals surface area contributed by atoms with E-state index in [1.165, 1.54) is 12.6 Å². The Morgan fingerprint density at radius 1 is 1.26 bits per heavy atom. The van der Waals surface area contributed by atoms with Gasteiger partial charge < -0.3 is 34.1 Å². The van der Waals surface area contributed by atoms with Crippen LogP contribution in [0.15, 0.2) is 43.1 Å². The molecule has 11 heteroatoms. The van der Waals surface area contributed by atoms with E-state index in [1.54, 1.807) is 11.1 Å². The fourth-order valence-electron chi connectivity index (χ4n) is 4.46. The summed E-state index contributed by atoms with van der Waals surface area (Å²) >= 11 is 0. The number of carbonyl (C=O) groups is 2. The van der Waals surface area contributed by atoms with Crippen molar-refractivity contribution >= 4 is 28.8 Å². The second-order valence-electron chi connectivity index (χ2n) is 10.5. The molecule has 1 aromatic carbocycles. The summed E-state index contributed by atoms with van der Waals surface area (Å²) in [6.07, 6.45) is 5.02. The average Bonchev–Trinajstić information content (AvgIpc) is 3.66. The monoisotopic (exact) mass is 535 g/mol. The zero-order valence-electron chi connectivity index (χ0n) is 22.5. The van der Waals surface area contributed by atoms with Crippen molar-refractivity contribution in [2.75, 3.05) is 19.7 Å². The number of nitrogens with zero attached hydrogens (tertiary/aromatic N) is 3. The van der Waals surface area contributed by atoms with Crippen LogP contribution in [0, 0.1) is 0 Å². The van der Waals surface area contributed by atoms with E-state index >= 15 is 0 Å². The van der Waals surface area contributed by atoms with Crippen LogP contribution in [-0.4, -0.2) is 63.2 Å². The molecule has 5 rings (SSSR count). The van der Waals surface area contributed by atoms with Crippen molar-refractivity contribution < 1.29 is 28.5 Å². The summed E-state index contributed by atoms with van der Waals surface area (Å²) in [7, 11) is 0. The molecule has 0 spiro atoms. The normalized spacial score (nSPS) is 18.9. The number of carbonyl (C=O) groups excluding carboxylic acids is 2. The number of rotatable bonds is 7. The summed E-state index contributed by atoms with van der Waals surface area (Å²) in [5.41, 5.74) is 2.11. The Labute approximate surface area is 226 Å². The third-order valence-electron chi connectivity index (χ3n) is 6.25. The molecule has 11 nitrogen and oxygen atoms in total. The molecule has 2 aliphatic rings. The Balaban J connectivity index is 1.25. The lowest BCUT2D eigenvalue weighted by Gasteiger charge is -2.24. The number of ether oxygens (including phenoxy) is 4. The summed E-state index contributed by atoms with van der Waals surface area (Å²) in [6.45, 7) is 9.06. The molecule has 39 heavy (non-hydrogen) atoms. The number of fused-ring (bicyclic) bond motifs is 1. The van der Waals surface area contributed by atoms with Gasteiger partial charge in [0.25, 0.3) is 12.2 Å². The Bertz CT molecular complexity index is 1390. The lowest BCUT2D eigenvalue weighted by molar-refractivity contribution is -0.0173. The van der Waals surface area contributed by atoms with Crippen molar-refractivity contribution in [1.82, 2.24) is 25.2 Å². The number of amides is 2. The van der Waals surface area contributed by atoms with Crippen molar-refractivity contribution in [2.24, 2.45) is 0 Å². The van der Waals surface area contributed by atoms with Gasteiger partial charge in [-0.15, -0.1) is 0 Å². The van der Waals surface area contributed by atoms with Gasteiger partial charge in [-0.2, -0.15) is 0 Å². The zero-order chi connectivity index (χ0) is 27.6. The molecule has 3 aromatic rings. The highest BCUT2D eigenvalue weighted by Gasteiger charge is 2.32. The quantitative estimate of drug-likeness (QED) is 0.452. The molecule has 2 aliphatic heterocycles. The third kappa shape index (κ3) is 5.92. The average molecular weight is 536 g/mol. The number of aromatic amines is 1. The molecule has 2 aromatic heterocycles. The molecule has 1 unspecified atom stereocenters. The number of hydrogen-bond donors (Lipinski definition) is 2. The van der Waals surface area contributed by atoms with Crippen molar-refractivity contribution in [3.8, 4) is 5.75 Å². The van der Waals surface area contributed by atoms with Gasteiger partial charge in [0.05, 0.1) is 17.7 Å². The molecule has 0 saturated carbocycles. The van der Waals surface area contributed by atoms with Gasteiger partial charge in [0, 0.05) is 30.9 Å². The molecule has 1 fully saturated rings. The predicted molar refractivity (Wildman–Crippen MR) is 143 cm³/mol. The van der Waals surface area contributed by atoms with Crippen LogP contribution in [0.1, 0.15) is 68.4 Å². The number of nitrogens with one attached hydrogen (secondary N) is 2. The van der Waals surface area contributed by atoms with E-state index in [0.29, 0.717) is 54.2 Å². The lowest BCUT2D eigenvalue weighted by atomic mass is 10.2. The minimum absolute atomic E-state index is 0.191. The fraction of sp³-hybridized carbons (Fsp3) is 0.429. The molecule has 2 amide bonds. The third-order valence-corrected chi connectivity index (χ3v) is 6.25. The zero-order valence-corrected chi connectivity index (χ0v) is 22.5. The van der Waals surface area contributed by atoms with Crippen LogP contribution in [0.5, 0.6) is 5.75 Å². The molecule has 2 atom stereocenters. The van der Waals surface area contributed by atoms with Crippen LogP contribution >= 0.6 is 0 Å². The maximum absolute atomic E-state index is 13.1. The molecule has 206 valence electrons. The fourth-order valence-corrected chi connectivity index (χ4v) is 4.46. The van der Waals surface area contributed by atoms with Crippen molar-refractivity contribution in [3.05, 3.63) is 59.9 Å². The number of likely N-dealkylation sites (tertiary alicyclic amines) is 1. The molecule has 1 saturated heterocycles. The summed E-state index contributed by atoms with van der Waals surface area (Å²) in [4.78, 5) is 39.0. The minimum Gasteiger partial charge on any atom is -0.494 e. The number of aromatic nitrogens is 3. The van der Waals surface area contributed by atoms with Crippen LogP contribution < -0.4 is 10.1 Å². The standard InChI is InChI=1S/C28H33N5O6/c1-5-11-36-19-8-6-7-17(12-19)26-37-15-21(38-26)23-24-22(30-16-31-23)20(13-29-24)25(34)32-18-9-10-33(14-18)27(35)39-28(2,3)4/h6-8,12-13,15-16,18,26,29H,5,9-11,14H2,1-4H3,(H,32,34)/t18-,26?/m1/s1. The van der Waals surface area contributed by atoms with Gasteiger partial charge in [0.15, 0.2) is 5.76 Å². The van der Waals surface area contributed by atoms with Gasteiger partial charge in [-0.3, -0.25) is 4.79 Å². The van der Waals surface area contributed by atoms with E-state index in [2.05, 4.69) is 27.2 Å². The van der Waals surface area contributed by atoms with Gasteiger partial charge in [-0.1, -0.05) is 19.1 Å². The van der Waals surface area contributed by atoms with E-state index in [4.69, 9.17) is 18.9 Å². The molecule has 0 aliphatic carbocycles. The second kappa shape index (κ2) is 10.8. The number of hydrogen-bond acceptors (Lipinski definition) is 8. The van der Waals surface area contributed by atoms with Gasteiger partial charge in [-0.05, 0) is 45.7 Å². The molecule has 0 radical (unpaired) electrons. The second-order valence-corrected chi connectivity index (χ2v) is 10.5. The molecule has 4 heterocycles. The highest BCUT2D eigenvalue weighted by Crippen LogP contribution is 2.36. The Hall–Kier alpha value is -4.28. The highest BCUT2D eigenvalue weighted by molar-refractivity contribution is 6.06. The van der Waals surface area contributed by atoms with E-state index in [1.807, 2.05) is 45.0 Å². The maximum Gasteiger partial charge on any atom is 0.410 e. The SMILES string of the molecule is CCCOc1cccc(C2OC=C(c3ncnc4c(C(=O)N[C@@H]5CCN(C(=O)OC(C)(C)C)C5)c[nH]c34)O2)c1. The highest BCUT2D eigenvalue weighted by atomic mass is 16.7. The van der Waals surface area contributed by atoms with Gasteiger partial charge >= 0.3 is 6.09 Å². The summed E-state index contributed by atoms with van der Waals surface area (Å²) in [6, 6.07) is 7.38. The van der Waals surface area contributed by atoms with Gasteiger partial charge in [0.2, 0.25) is 0 Å². The van der Waals surface area contributed by atoms with Crippen LogP contribution in [0.4, 0.5) is 4.79 Å². The molecule has 2 N–H and O–H groups in total. The van der Waals surface area contributed by atoms with Crippen molar-refractivity contribution in [3.63, 3.8) is 0 Å². The maximum atomic E-state index is 13.1. The largest absolute Gasteiger partial charge is 0.494 e. The van der Waals surface area contributed by atoms with Gasteiger partial charge in [-0.25, -0.2) is 14.8 Å². The van der Waals surface area contributed by atoms with E-state index in [-0.39, 0.29) is 18.0 Å². The Kier molecular flexibility index (Phi) is 7.32. The smallest absolute Gasteiger partial charge is 0.410 e. The summed E-state index contributed by atoms with van der Waals surface area (Å²) in [5.74, 6) is 0.877. The van der Waals surface area contributed by atoms with Crippen LogP contribution in [-0.2, 0) is 14.2 Å².